The van der Waals surface area contributed by atoms with E-state index in [0.717, 1.165) is 5.56 Å². The highest BCUT2D eigenvalue weighted by Gasteiger charge is 2.13. The molecule has 7 heteroatoms. The molecule has 2 aromatic heterocycles. The van der Waals surface area contributed by atoms with Crippen molar-refractivity contribution in [1.82, 2.24) is 15.6 Å². The molecular weight excluding hydrogens is 346 g/mol. The van der Waals surface area contributed by atoms with Crippen molar-refractivity contribution in [1.29, 1.82) is 0 Å². The van der Waals surface area contributed by atoms with Gasteiger partial charge in [0.2, 0.25) is 0 Å². The summed E-state index contributed by atoms with van der Waals surface area (Å²) in [6.45, 7) is 0.558. The number of ether oxygens (including phenoxy) is 1. The molecule has 3 rings (SSSR count). The van der Waals surface area contributed by atoms with Crippen LogP contribution in [0.25, 0.3) is 0 Å². The molecule has 2 amide bonds. The summed E-state index contributed by atoms with van der Waals surface area (Å²) in [4.78, 5) is 28.6. The van der Waals surface area contributed by atoms with Crippen molar-refractivity contribution in [2.24, 2.45) is 0 Å². The summed E-state index contributed by atoms with van der Waals surface area (Å²) in [5.41, 5.74) is 1.37. The van der Waals surface area contributed by atoms with Gasteiger partial charge in [0, 0.05) is 23.9 Å². The number of carbonyl (C=O) groups is 2. The Morgan fingerprint density at radius 3 is 2.63 bits per heavy atom. The molecule has 0 unspecified atom stereocenters. The molecule has 0 aliphatic heterocycles. The second kappa shape index (κ2) is 8.66. The molecule has 27 heavy (non-hydrogen) atoms. The number of para-hydroxylation sites is 1. The van der Waals surface area contributed by atoms with E-state index >= 15 is 0 Å². The van der Waals surface area contributed by atoms with E-state index in [4.69, 9.17) is 9.15 Å². The van der Waals surface area contributed by atoms with Crippen LogP contribution < -0.4 is 15.4 Å². The minimum Gasteiger partial charge on any atom is -0.496 e. The van der Waals surface area contributed by atoms with Crippen molar-refractivity contribution in [3.63, 3.8) is 0 Å². The van der Waals surface area contributed by atoms with Gasteiger partial charge in [0.05, 0.1) is 19.9 Å². The second-order valence-corrected chi connectivity index (χ2v) is 5.69. The number of rotatable bonds is 7. The number of aromatic nitrogens is 1. The van der Waals surface area contributed by atoms with Gasteiger partial charge in [-0.05, 0) is 30.3 Å². The quantitative estimate of drug-likeness (QED) is 0.671. The van der Waals surface area contributed by atoms with Gasteiger partial charge < -0.3 is 19.8 Å². The molecule has 0 aliphatic rings. The number of nitrogens with zero attached hydrogens (tertiary/aromatic N) is 1. The van der Waals surface area contributed by atoms with Gasteiger partial charge in [0.25, 0.3) is 11.8 Å². The van der Waals surface area contributed by atoms with Crippen molar-refractivity contribution in [3.05, 3.63) is 83.6 Å². The van der Waals surface area contributed by atoms with Crippen molar-refractivity contribution in [3.8, 4) is 5.75 Å². The maximum Gasteiger partial charge on any atom is 0.270 e. The third-order valence-electron chi connectivity index (χ3n) is 3.89. The average molecular weight is 365 g/mol. The molecule has 2 heterocycles. The van der Waals surface area contributed by atoms with Crippen LogP contribution in [0, 0.1) is 0 Å². The SMILES string of the molecule is COc1ccccc1CNC(=O)c1ccnc(C(=O)NCc2ccco2)c1. The van der Waals surface area contributed by atoms with Crippen molar-refractivity contribution in [2.75, 3.05) is 7.11 Å². The minimum atomic E-state index is -0.384. The summed E-state index contributed by atoms with van der Waals surface area (Å²) in [7, 11) is 1.58. The zero-order chi connectivity index (χ0) is 19.1. The first-order valence-corrected chi connectivity index (χ1v) is 8.34. The van der Waals surface area contributed by atoms with Crippen molar-refractivity contribution in [2.45, 2.75) is 13.1 Å². The van der Waals surface area contributed by atoms with E-state index in [1.807, 2.05) is 24.3 Å². The largest absolute Gasteiger partial charge is 0.496 e. The first-order valence-electron chi connectivity index (χ1n) is 8.34. The van der Waals surface area contributed by atoms with Crippen LogP contribution in [0.15, 0.2) is 65.4 Å². The summed E-state index contributed by atoms with van der Waals surface area (Å²) in [6, 6.07) is 13.9. The Hall–Kier alpha value is -3.61. The highest BCUT2D eigenvalue weighted by Crippen LogP contribution is 2.17. The Kier molecular flexibility index (Phi) is 5.84. The monoisotopic (exact) mass is 365 g/mol. The highest BCUT2D eigenvalue weighted by molar-refractivity contribution is 5.98. The number of furan rings is 1. The maximum absolute atomic E-state index is 12.4. The number of carbonyl (C=O) groups excluding carboxylic acids is 2. The van der Waals surface area contributed by atoms with Crippen LogP contribution in [-0.4, -0.2) is 23.9 Å². The molecule has 0 bridgehead atoms. The molecule has 0 saturated heterocycles. The lowest BCUT2D eigenvalue weighted by atomic mass is 10.1. The normalized spacial score (nSPS) is 10.3. The van der Waals surface area contributed by atoms with E-state index < -0.39 is 0 Å². The Bertz CT molecular complexity index is 922. The zero-order valence-electron chi connectivity index (χ0n) is 14.8. The van der Waals surface area contributed by atoms with E-state index in [1.165, 1.54) is 18.5 Å². The minimum absolute atomic E-state index is 0.159. The fraction of sp³-hybridized carbons (Fsp3) is 0.150. The van der Waals surface area contributed by atoms with Crippen LogP contribution in [0.4, 0.5) is 0 Å². The van der Waals surface area contributed by atoms with Gasteiger partial charge in [-0.25, -0.2) is 0 Å². The van der Waals surface area contributed by atoms with Crippen LogP contribution in [0.2, 0.25) is 0 Å². The first kappa shape index (κ1) is 18.2. The fourth-order valence-corrected chi connectivity index (χ4v) is 2.49. The maximum atomic E-state index is 12.4. The van der Waals surface area contributed by atoms with Crippen molar-refractivity contribution < 1.29 is 18.7 Å². The Morgan fingerprint density at radius 2 is 1.85 bits per heavy atom. The van der Waals surface area contributed by atoms with Gasteiger partial charge in [0.1, 0.15) is 17.2 Å². The lowest BCUT2D eigenvalue weighted by Crippen LogP contribution is -2.26. The highest BCUT2D eigenvalue weighted by atomic mass is 16.5. The smallest absolute Gasteiger partial charge is 0.270 e. The fourth-order valence-electron chi connectivity index (χ4n) is 2.49. The van der Waals surface area contributed by atoms with E-state index in [2.05, 4.69) is 15.6 Å². The van der Waals surface area contributed by atoms with Crippen LogP contribution in [0.1, 0.15) is 32.2 Å². The van der Waals surface area contributed by atoms with Gasteiger partial charge >= 0.3 is 0 Å². The van der Waals surface area contributed by atoms with E-state index in [9.17, 15) is 9.59 Å². The number of methoxy groups -OCH3 is 1. The zero-order valence-corrected chi connectivity index (χ0v) is 14.8. The average Bonchev–Trinajstić information content (AvgIpc) is 3.24. The molecule has 0 aliphatic carbocycles. The van der Waals surface area contributed by atoms with Gasteiger partial charge in [-0.2, -0.15) is 0 Å². The Labute approximate surface area is 156 Å². The van der Waals surface area contributed by atoms with E-state index in [1.54, 1.807) is 25.3 Å². The third-order valence-corrected chi connectivity index (χ3v) is 3.89. The van der Waals surface area contributed by atoms with Crippen LogP contribution in [0.3, 0.4) is 0 Å². The third kappa shape index (κ3) is 4.72. The summed E-state index contributed by atoms with van der Waals surface area (Å²) in [5.74, 6) is 0.647. The van der Waals surface area contributed by atoms with Crippen LogP contribution in [0.5, 0.6) is 5.75 Å². The van der Waals surface area contributed by atoms with E-state index in [-0.39, 0.29) is 24.1 Å². The molecule has 1 aromatic carbocycles. The van der Waals surface area contributed by atoms with Gasteiger partial charge in [-0.3, -0.25) is 14.6 Å². The predicted octanol–water partition coefficient (Wildman–Crippen LogP) is 2.54. The molecule has 0 radical (unpaired) electrons. The molecule has 7 nitrogen and oxygen atoms in total. The molecule has 0 fully saturated rings. The lowest BCUT2D eigenvalue weighted by Gasteiger charge is -2.10. The molecule has 138 valence electrons. The molecule has 0 spiro atoms. The molecule has 2 N–H and O–H groups in total. The number of hydrogen-bond donors (Lipinski definition) is 2. The summed E-state index contributed by atoms with van der Waals surface area (Å²) < 4.78 is 10.4. The van der Waals surface area contributed by atoms with Crippen LogP contribution in [-0.2, 0) is 13.1 Å². The standard InChI is InChI=1S/C20H19N3O4/c1-26-18-7-3-2-5-15(18)12-22-19(24)14-8-9-21-17(11-14)20(25)23-13-16-6-4-10-27-16/h2-11H,12-13H2,1H3,(H,22,24)(H,23,25). The number of hydrogen-bond acceptors (Lipinski definition) is 5. The topological polar surface area (TPSA) is 93.5 Å². The Morgan fingerprint density at radius 1 is 1.04 bits per heavy atom. The van der Waals surface area contributed by atoms with Crippen molar-refractivity contribution >= 4 is 11.8 Å². The predicted molar refractivity (Wildman–Crippen MR) is 98.3 cm³/mol. The number of pyridine rings is 1. The number of nitrogens with one attached hydrogen (secondary N) is 2. The number of amides is 2. The van der Waals surface area contributed by atoms with Gasteiger partial charge in [-0.1, -0.05) is 18.2 Å². The van der Waals surface area contributed by atoms with Crippen LogP contribution >= 0.6 is 0 Å². The summed E-state index contributed by atoms with van der Waals surface area (Å²) >= 11 is 0. The lowest BCUT2D eigenvalue weighted by molar-refractivity contribution is 0.0943. The molecule has 0 atom stereocenters. The van der Waals surface area contributed by atoms with Gasteiger partial charge in [0.15, 0.2) is 0 Å². The molecular formula is C20H19N3O4. The Balaban J connectivity index is 1.62. The number of benzene rings is 1. The van der Waals surface area contributed by atoms with E-state index in [0.29, 0.717) is 23.6 Å². The second-order valence-electron chi connectivity index (χ2n) is 5.69. The molecule has 0 saturated carbocycles. The summed E-state index contributed by atoms with van der Waals surface area (Å²) in [5, 5.41) is 5.51. The molecule has 3 aromatic rings. The summed E-state index contributed by atoms with van der Waals surface area (Å²) in [6.07, 6.45) is 2.96. The van der Waals surface area contributed by atoms with Gasteiger partial charge in [-0.15, -0.1) is 0 Å². The first-order chi connectivity index (χ1) is 13.2.